The van der Waals surface area contributed by atoms with Crippen LogP contribution >= 0.6 is 38.9 Å². The summed E-state index contributed by atoms with van der Waals surface area (Å²) >= 11 is 11.0. The summed E-state index contributed by atoms with van der Waals surface area (Å²) in [5, 5.41) is 5.13. The summed E-state index contributed by atoms with van der Waals surface area (Å²) in [6.45, 7) is -0.164. The molecule has 3 aromatic carbocycles. The Hall–Kier alpha value is -3.20. The lowest BCUT2D eigenvalue weighted by Gasteiger charge is -2.05. The molecule has 9 heteroatoms. The van der Waals surface area contributed by atoms with E-state index in [-0.39, 0.29) is 6.61 Å². The molecule has 4 aromatic rings. The lowest BCUT2D eigenvalue weighted by molar-refractivity contribution is -0.123. The van der Waals surface area contributed by atoms with Gasteiger partial charge in [0.2, 0.25) is 0 Å². The maximum atomic E-state index is 12.5. The summed E-state index contributed by atoms with van der Waals surface area (Å²) in [6, 6.07) is 21.4. The summed E-state index contributed by atoms with van der Waals surface area (Å²) in [6.07, 6.45) is 1.48. The first-order valence-corrected chi connectivity index (χ1v) is 11.7. The number of thiophene rings is 1. The first-order chi connectivity index (χ1) is 16.0. The Morgan fingerprint density at radius 1 is 1.03 bits per heavy atom. The van der Waals surface area contributed by atoms with Crippen LogP contribution in [0.1, 0.15) is 15.2 Å². The summed E-state index contributed by atoms with van der Waals surface area (Å²) < 4.78 is 12.6. The number of rotatable bonds is 7. The van der Waals surface area contributed by atoms with Gasteiger partial charge in [0.15, 0.2) is 6.61 Å². The summed E-state index contributed by atoms with van der Waals surface area (Å²) in [5.74, 6) is 0.0417. The van der Waals surface area contributed by atoms with E-state index < -0.39 is 11.9 Å². The zero-order valence-corrected chi connectivity index (χ0v) is 20.1. The van der Waals surface area contributed by atoms with Gasteiger partial charge in [-0.15, -0.1) is 11.3 Å². The van der Waals surface area contributed by atoms with Crippen molar-refractivity contribution in [2.75, 3.05) is 6.61 Å². The van der Waals surface area contributed by atoms with Crippen LogP contribution in [0, 0.1) is 0 Å². The third kappa shape index (κ3) is 5.98. The van der Waals surface area contributed by atoms with E-state index in [0.717, 1.165) is 14.6 Å². The molecule has 4 rings (SSSR count). The van der Waals surface area contributed by atoms with Crippen LogP contribution in [0.2, 0.25) is 5.02 Å². The van der Waals surface area contributed by atoms with Crippen molar-refractivity contribution in [3.63, 3.8) is 0 Å². The molecule has 1 N–H and O–H groups in total. The van der Waals surface area contributed by atoms with Crippen LogP contribution in [0.4, 0.5) is 0 Å². The lowest BCUT2D eigenvalue weighted by atomic mass is 10.2. The van der Waals surface area contributed by atoms with Crippen molar-refractivity contribution in [2.45, 2.75) is 0 Å². The number of amides is 1. The second-order valence-electron chi connectivity index (χ2n) is 6.74. The molecule has 1 amide bonds. The lowest BCUT2D eigenvalue weighted by Crippen LogP contribution is -2.24. The number of esters is 1. The van der Waals surface area contributed by atoms with E-state index in [1.54, 1.807) is 36.4 Å². The van der Waals surface area contributed by atoms with E-state index in [0.29, 0.717) is 27.0 Å². The minimum Gasteiger partial charge on any atom is -0.484 e. The van der Waals surface area contributed by atoms with Gasteiger partial charge in [-0.05, 0) is 54.1 Å². The molecule has 0 aliphatic rings. The second kappa shape index (κ2) is 10.6. The minimum absolute atomic E-state index is 0.164. The van der Waals surface area contributed by atoms with Crippen molar-refractivity contribution in [1.82, 2.24) is 5.43 Å². The van der Waals surface area contributed by atoms with Crippen LogP contribution < -0.4 is 14.9 Å². The van der Waals surface area contributed by atoms with Crippen molar-refractivity contribution >= 4 is 67.0 Å². The molecule has 0 spiro atoms. The zero-order valence-electron chi connectivity index (χ0n) is 17.0. The SMILES string of the molecule is O=C(COc1cccc(Br)c1)NN=Cc1ccc(OC(=O)c2sc3ccccc3c2Cl)cc1. The Kier molecular flexibility index (Phi) is 7.39. The van der Waals surface area contributed by atoms with Crippen LogP contribution in [0.3, 0.4) is 0 Å². The van der Waals surface area contributed by atoms with Gasteiger partial charge in [-0.2, -0.15) is 5.10 Å². The fraction of sp³-hybridized carbons (Fsp3) is 0.0417. The topological polar surface area (TPSA) is 77.0 Å². The van der Waals surface area contributed by atoms with Gasteiger partial charge in [-0.1, -0.05) is 51.8 Å². The number of nitrogens with one attached hydrogen (secondary N) is 1. The van der Waals surface area contributed by atoms with Crippen molar-refractivity contribution < 1.29 is 19.1 Å². The number of carbonyl (C=O) groups is 2. The van der Waals surface area contributed by atoms with Gasteiger partial charge >= 0.3 is 5.97 Å². The summed E-state index contributed by atoms with van der Waals surface area (Å²) in [7, 11) is 0. The average Bonchev–Trinajstić information content (AvgIpc) is 3.16. The Morgan fingerprint density at radius 3 is 2.58 bits per heavy atom. The highest BCUT2D eigenvalue weighted by Gasteiger charge is 2.18. The molecule has 0 saturated heterocycles. The standard InChI is InChI=1S/C24H16BrClN2O4S/c25-16-4-3-5-18(12-16)31-14-21(29)28-27-13-15-8-10-17(11-9-15)32-24(30)23-22(26)19-6-1-2-7-20(19)33-23/h1-13H,14H2,(H,28,29). The third-order valence-electron chi connectivity index (χ3n) is 4.38. The van der Waals surface area contributed by atoms with Gasteiger partial charge in [0, 0.05) is 14.6 Å². The van der Waals surface area contributed by atoms with Gasteiger partial charge in [-0.3, -0.25) is 4.79 Å². The van der Waals surface area contributed by atoms with E-state index in [4.69, 9.17) is 21.1 Å². The smallest absolute Gasteiger partial charge is 0.355 e. The van der Waals surface area contributed by atoms with E-state index in [2.05, 4.69) is 26.5 Å². The molecular weight excluding hydrogens is 528 g/mol. The maximum Gasteiger partial charge on any atom is 0.355 e. The number of nitrogens with zero attached hydrogens (tertiary/aromatic N) is 1. The van der Waals surface area contributed by atoms with E-state index in [1.165, 1.54) is 17.6 Å². The summed E-state index contributed by atoms with van der Waals surface area (Å²) in [5.41, 5.74) is 3.11. The molecule has 0 unspecified atom stereocenters. The monoisotopic (exact) mass is 542 g/mol. The number of hydrazone groups is 1. The number of fused-ring (bicyclic) bond motifs is 1. The molecule has 1 heterocycles. The predicted molar refractivity (Wildman–Crippen MR) is 134 cm³/mol. The first-order valence-electron chi connectivity index (χ1n) is 9.69. The molecule has 33 heavy (non-hydrogen) atoms. The first kappa shape index (κ1) is 23.0. The fourth-order valence-corrected chi connectivity index (χ4v) is 4.60. The molecule has 6 nitrogen and oxygen atoms in total. The quantitative estimate of drug-likeness (QED) is 0.133. The van der Waals surface area contributed by atoms with Crippen LogP contribution in [-0.2, 0) is 4.79 Å². The fourth-order valence-electron chi connectivity index (χ4n) is 2.84. The highest BCUT2D eigenvalue weighted by Crippen LogP contribution is 2.35. The number of hydrogen-bond acceptors (Lipinski definition) is 6. The van der Waals surface area contributed by atoms with Crippen molar-refractivity contribution in [1.29, 1.82) is 0 Å². The molecule has 0 atom stereocenters. The molecule has 0 radical (unpaired) electrons. The molecule has 0 saturated carbocycles. The predicted octanol–water partition coefficient (Wildman–Crippen LogP) is 6.07. The summed E-state index contributed by atoms with van der Waals surface area (Å²) in [4.78, 5) is 24.8. The number of halogens is 2. The van der Waals surface area contributed by atoms with E-state index in [9.17, 15) is 9.59 Å². The minimum atomic E-state index is -0.514. The number of benzene rings is 3. The highest BCUT2D eigenvalue weighted by molar-refractivity contribution is 9.10. The number of ether oxygens (including phenoxy) is 2. The van der Waals surface area contributed by atoms with Crippen molar-refractivity contribution in [3.05, 3.63) is 92.7 Å². The Balaban J connectivity index is 1.29. The van der Waals surface area contributed by atoms with Crippen LogP contribution in [0.25, 0.3) is 10.1 Å². The molecule has 0 fully saturated rings. The van der Waals surface area contributed by atoms with Crippen LogP contribution in [0.15, 0.2) is 82.4 Å². The third-order valence-corrected chi connectivity index (χ3v) is 6.53. The van der Waals surface area contributed by atoms with Gasteiger partial charge in [0.1, 0.15) is 16.4 Å². The van der Waals surface area contributed by atoms with Crippen LogP contribution in [0.5, 0.6) is 11.5 Å². The second-order valence-corrected chi connectivity index (χ2v) is 9.08. The molecule has 1 aromatic heterocycles. The number of hydrogen-bond donors (Lipinski definition) is 1. The Bertz CT molecular complexity index is 1340. The van der Waals surface area contributed by atoms with Crippen molar-refractivity contribution in [3.8, 4) is 11.5 Å². The molecule has 0 bridgehead atoms. The zero-order chi connectivity index (χ0) is 23.2. The largest absolute Gasteiger partial charge is 0.484 e. The molecule has 166 valence electrons. The van der Waals surface area contributed by atoms with E-state index in [1.807, 2.05) is 36.4 Å². The van der Waals surface area contributed by atoms with Gasteiger partial charge in [-0.25, -0.2) is 10.2 Å². The van der Waals surface area contributed by atoms with Gasteiger partial charge in [0.25, 0.3) is 5.91 Å². The van der Waals surface area contributed by atoms with Gasteiger partial charge < -0.3 is 9.47 Å². The average molecular weight is 544 g/mol. The van der Waals surface area contributed by atoms with Crippen molar-refractivity contribution in [2.24, 2.45) is 5.10 Å². The Morgan fingerprint density at radius 2 is 1.82 bits per heavy atom. The normalized spacial score (nSPS) is 11.0. The van der Waals surface area contributed by atoms with Gasteiger partial charge in [0.05, 0.1) is 11.2 Å². The Labute approximate surface area is 206 Å². The maximum absolute atomic E-state index is 12.5. The highest BCUT2D eigenvalue weighted by atomic mass is 79.9. The number of carbonyl (C=O) groups excluding carboxylic acids is 2. The molecule has 0 aliphatic heterocycles. The van der Waals surface area contributed by atoms with E-state index >= 15 is 0 Å². The van der Waals surface area contributed by atoms with Crippen LogP contribution in [-0.4, -0.2) is 24.7 Å². The molecular formula is C24H16BrClN2O4S. The molecule has 0 aliphatic carbocycles.